The van der Waals surface area contributed by atoms with E-state index < -0.39 is 0 Å². The van der Waals surface area contributed by atoms with Gasteiger partial charge in [0.2, 0.25) is 5.91 Å². The highest BCUT2D eigenvalue weighted by molar-refractivity contribution is 7.09. The zero-order chi connectivity index (χ0) is 16.4. The van der Waals surface area contributed by atoms with Crippen molar-refractivity contribution < 1.29 is 9.53 Å². The Balaban J connectivity index is 1.58. The summed E-state index contributed by atoms with van der Waals surface area (Å²) in [4.78, 5) is 23.1. The number of carbonyl (C=O) groups excluding carboxylic acids is 1. The topological polar surface area (TPSA) is 48.9 Å². The predicted molar refractivity (Wildman–Crippen MR) is 90.5 cm³/mol. The Hall–Kier alpha value is -1.02. The summed E-state index contributed by atoms with van der Waals surface area (Å²) in [5.41, 5.74) is 1.14. The zero-order valence-corrected chi connectivity index (χ0v) is 15.0. The quantitative estimate of drug-likeness (QED) is 0.808. The van der Waals surface area contributed by atoms with Crippen LogP contribution in [0.3, 0.4) is 0 Å². The molecular formula is C16H26N4O2S. The molecule has 2 saturated heterocycles. The SMILES string of the molecule is Cc1nc(CN2CCO[C@H]3CN(C(=O)CN(C)C)C[C@H]3C2)cs1. The van der Waals surface area contributed by atoms with E-state index in [1.165, 1.54) is 0 Å². The number of carbonyl (C=O) groups is 1. The first kappa shape index (κ1) is 16.8. The Morgan fingerprint density at radius 3 is 2.96 bits per heavy atom. The first-order valence-corrected chi connectivity index (χ1v) is 9.06. The summed E-state index contributed by atoms with van der Waals surface area (Å²) in [5.74, 6) is 0.608. The van der Waals surface area contributed by atoms with Crippen LogP contribution in [-0.4, -0.2) is 85.1 Å². The van der Waals surface area contributed by atoms with Crippen LogP contribution in [0.1, 0.15) is 10.7 Å². The van der Waals surface area contributed by atoms with Crippen molar-refractivity contribution in [3.63, 3.8) is 0 Å². The summed E-state index contributed by atoms with van der Waals surface area (Å²) in [5, 5.41) is 3.26. The van der Waals surface area contributed by atoms with E-state index in [9.17, 15) is 4.79 Å². The largest absolute Gasteiger partial charge is 0.375 e. The van der Waals surface area contributed by atoms with Crippen molar-refractivity contribution in [1.82, 2.24) is 19.7 Å². The first-order chi connectivity index (χ1) is 11.0. The number of ether oxygens (including phenoxy) is 1. The van der Waals surface area contributed by atoms with Crippen LogP contribution in [0.15, 0.2) is 5.38 Å². The first-order valence-electron chi connectivity index (χ1n) is 8.18. The van der Waals surface area contributed by atoms with Gasteiger partial charge in [-0.2, -0.15) is 0 Å². The van der Waals surface area contributed by atoms with Crippen molar-refractivity contribution in [3.8, 4) is 0 Å². The summed E-state index contributed by atoms with van der Waals surface area (Å²) in [7, 11) is 3.86. The molecule has 0 radical (unpaired) electrons. The van der Waals surface area contributed by atoms with Gasteiger partial charge in [0.05, 0.1) is 30.0 Å². The molecule has 1 aromatic rings. The maximum atomic E-state index is 12.3. The molecule has 0 aliphatic carbocycles. The van der Waals surface area contributed by atoms with Crippen LogP contribution in [0.2, 0.25) is 0 Å². The Morgan fingerprint density at radius 2 is 2.26 bits per heavy atom. The Morgan fingerprint density at radius 1 is 1.43 bits per heavy atom. The van der Waals surface area contributed by atoms with Gasteiger partial charge < -0.3 is 14.5 Å². The highest BCUT2D eigenvalue weighted by Gasteiger charge is 2.38. The zero-order valence-electron chi connectivity index (χ0n) is 14.2. The molecule has 2 fully saturated rings. The molecule has 0 spiro atoms. The molecule has 0 saturated carbocycles. The van der Waals surface area contributed by atoms with Crippen molar-refractivity contribution >= 4 is 17.2 Å². The van der Waals surface area contributed by atoms with Gasteiger partial charge in [0, 0.05) is 44.0 Å². The second-order valence-corrected chi connectivity index (χ2v) is 7.86. The molecule has 128 valence electrons. The van der Waals surface area contributed by atoms with E-state index in [0.717, 1.165) is 50.0 Å². The Kier molecular flexibility index (Phi) is 5.31. The number of amides is 1. The van der Waals surface area contributed by atoms with Gasteiger partial charge in [0.25, 0.3) is 0 Å². The molecule has 0 aromatic carbocycles. The van der Waals surface area contributed by atoms with Crippen LogP contribution in [0.4, 0.5) is 0 Å². The third kappa shape index (κ3) is 4.29. The fourth-order valence-corrected chi connectivity index (χ4v) is 3.99. The lowest BCUT2D eigenvalue weighted by Gasteiger charge is -2.23. The van der Waals surface area contributed by atoms with E-state index in [4.69, 9.17) is 4.74 Å². The molecule has 3 rings (SSSR count). The Labute approximate surface area is 142 Å². The van der Waals surface area contributed by atoms with Gasteiger partial charge in [-0.15, -0.1) is 11.3 Å². The average molecular weight is 338 g/mol. The Bertz CT molecular complexity index is 548. The molecule has 7 heteroatoms. The second kappa shape index (κ2) is 7.25. The lowest BCUT2D eigenvalue weighted by molar-refractivity contribution is -0.131. The molecule has 1 amide bonds. The van der Waals surface area contributed by atoms with Crippen LogP contribution in [0.5, 0.6) is 0 Å². The second-order valence-electron chi connectivity index (χ2n) is 6.80. The minimum Gasteiger partial charge on any atom is -0.375 e. The average Bonchev–Trinajstić information content (AvgIpc) is 3.01. The summed E-state index contributed by atoms with van der Waals surface area (Å²) in [6.45, 7) is 7.60. The number of aryl methyl sites for hydroxylation is 1. The van der Waals surface area contributed by atoms with Crippen molar-refractivity contribution in [1.29, 1.82) is 0 Å². The van der Waals surface area contributed by atoms with E-state index in [2.05, 4.69) is 15.3 Å². The third-order valence-corrected chi connectivity index (χ3v) is 5.29. The molecule has 1 aromatic heterocycles. The summed E-state index contributed by atoms with van der Waals surface area (Å²) in [6.07, 6.45) is 0.184. The molecule has 3 heterocycles. The summed E-state index contributed by atoms with van der Waals surface area (Å²) in [6, 6.07) is 0. The molecule has 2 aliphatic rings. The monoisotopic (exact) mass is 338 g/mol. The van der Waals surface area contributed by atoms with Crippen molar-refractivity contribution in [2.75, 3.05) is 53.4 Å². The highest BCUT2D eigenvalue weighted by atomic mass is 32.1. The molecule has 0 N–H and O–H groups in total. The molecule has 0 unspecified atom stereocenters. The van der Waals surface area contributed by atoms with E-state index in [0.29, 0.717) is 12.5 Å². The fourth-order valence-electron chi connectivity index (χ4n) is 3.39. The lowest BCUT2D eigenvalue weighted by Crippen LogP contribution is -2.38. The van der Waals surface area contributed by atoms with Gasteiger partial charge in [0.15, 0.2) is 0 Å². The summed E-state index contributed by atoms with van der Waals surface area (Å²) < 4.78 is 6.02. The van der Waals surface area contributed by atoms with Gasteiger partial charge in [-0.3, -0.25) is 9.69 Å². The van der Waals surface area contributed by atoms with Crippen molar-refractivity contribution in [2.45, 2.75) is 19.6 Å². The van der Waals surface area contributed by atoms with Crippen molar-refractivity contribution in [3.05, 3.63) is 16.1 Å². The van der Waals surface area contributed by atoms with Gasteiger partial charge in [0.1, 0.15) is 0 Å². The third-order valence-electron chi connectivity index (χ3n) is 4.47. The molecule has 2 atom stereocenters. The predicted octanol–water partition coefficient (Wildman–Crippen LogP) is 0.672. The maximum Gasteiger partial charge on any atom is 0.236 e. The molecule has 6 nitrogen and oxygen atoms in total. The van der Waals surface area contributed by atoms with Crippen LogP contribution >= 0.6 is 11.3 Å². The van der Waals surface area contributed by atoms with E-state index in [-0.39, 0.29) is 12.0 Å². The molecule has 23 heavy (non-hydrogen) atoms. The highest BCUT2D eigenvalue weighted by Crippen LogP contribution is 2.24. The molecule has 0 bridgehead atoms. The van der Waals surface area contributed by atoms with Crippen LogP contribution in [-0.2, 0) is 16.1 Å². The van der Waals surface area contributed by atoms with Gasteiger partial charge in [-0.25, -0.2) is 4.98 Å². The van der Waals surface area contributed by atoms with Crippen LogP contribution in [0.25, 0.3) is 0 Å². The van der Waals surface area contributed by atoms with Gasteiger partial charge in [-0.05, 0) is 21.0 Å². The molecular weight excluding hydrogens is 312 g/mol. The number of nitrogens with zero attached hydrogens (tertiary/aromatic N) is 4. The van der Waals surface area contributed by atoms with E-state index in [1.807, 2.05) is 30.8 Å². The number of fused-ring (bicyclic) bond motifs is 1. The normalized spacial score (nSPS) is 25.7. The minimum absolute atomic E-state index is 0.184. The van der Waals surface area contributed by atoms with Gasteiger partial charge >= 0.3 is 0 Å². The van der Waals surface area contributed by atoms with Crippen LogP contribution < -0.4 is 0 Å². The molecule has 2 aliphatic heterocycles. The number of thiazole rings is 1. The van der Waals surface area contributed by atoms with Gasteiger partial charge in [-0.1, -0.05) is 0 Å². The minimum atomic E-state index is 0.184. The number of rotatable bonds is 4. The smallest absolute Gasteiger partial charge is 0.236 e. The number of aromatic nitrogens is 1. The standard InChI is InChI=1S/C16H26N4O2S/c1-12-17-14(11-23-12)8-19-4-5-22-15-9-20(7-13(15)6-19)16(21)10-18(2)3/h11,13,15H,4-10H2,1-3H3/t13-,15+/m1/s1. The maximum absolute atomic E-state index is 12.3. The lowest BCUT2D eigenvalue weighted by atomic mass is 10.1. The van der Waals surface area contributed by atoms with E-state index in [1.54, 1.807) is 11.3 Å². The van der Waals surface area contributed by atoms with Crippen molar-refractivity contribution in [2.24, 2.45) is 5.92 Å². The number of hydrogen-bond acceptors (Lipinski definition) is 6. The van der Waals surface area contributed by atoms with Crippen LogP contribution in [0, 0.1) is 12.8 Å². The number of likely N-dealkylation sites (N-methyl/N-ethyl adjacent to an activating group) is 1. The summed E-state index contributed by atoms with van der Waals surface area (Å²) >= 11 is 1.70. The number of hydrogen-bond donors (Lipinski definition) is 0. The fraction of sp³-hybridized carbons (Fsp3) is 0.750. The van der Waals surface area contributed by atoms with E-state index >= 15 is 0 Å². The number of likely N-dealkylation sites (tertiary alicyclic amines) is 1.